The van der Waals surface area contributed by atoms with Crippen LogP contribution >= 0.6 is 0 Å². The summed E-state index contributed by atoms with van der Waals surface area (Å²) in [5.74, 6) is 1.32. The van der Waals surface area contributed by atoms with Crippen molar-refractivity contribution in [3.05, 3.63) is 23.3 Å². The van der Waals surface area contributed by atoms with Crippen LogP contribution in [0.5, 0.6) is 0 Å². The minimum atomic E-state index is -0.422. The van der Waals surface area contributed by atoms with Crippen LogP contribution in [0.15, 0.2) is 23.3 Å². The van der Waals surface area contributed by atoms with Gasteiger partial charge in [0.25, 0.3) is 0 Å². The second kappa shape index (κ2) is 9.24. The minimum absolute atomic E-state index is 0.0272. The third-order valence-electron chi connectivity index (χ3n) is 9.46. The summed E-state index contributed by atoms with van der Waals surface area (Å²) < 4.78 is 0. The lowest BCUT2D eigenvalue weighted by molar-refractivity contribution is 0.00154. The Morgan fingerprint density at radius 1 is 1.07 bits per heavy atom. The van der Waals surface area contributed by atoms with E-state index in [4.69, 9.17) is 5.11 Å². The number of hydrogen-bond donors (Lipinski definition) is 3. The number of fused-ring (bicyclic) bond motifs is 1. The van der Waals surface area contributed by atoms with Crippen LogP contribution in [0.1, 0.15) is 91.9 Å². The summed E-state index contributed by atoms with van der Waals surface area (Å²) in [6, 6.07) is 0. The van der Waals surface area contributed by atoms with Crippen LogP contribution in [0.2, 0.25) is 0 Å². The standard InChI is InChI=1S/C26H44O3/c1-18(8-5-6-15-27)25(3)14-12-22-21(9-7-13-26(22,25)4)11-10-20-16-23(28)19(2)24(29)17-20/h10-11,18-19,22-24,27-29H,5-9,12-17H2,1-4H3/b20-10?,21-11+/t18-,19?,22-,23+,24+,25?,26-/m0/s1. The first-order valence-corrected chi connectivity index (χ1v) is 12.1. The van der Waals surface area contributed by atoms with Crippen molar-refractivity contribution >= 4 is 0 Å². The van der Waals surface area contributed by atoms with Gasteiger partial charge in [0.1, 0.15) is 0 Å². The van der Waals surface area contributed by atoms with E-state index in [1.807, 2.05) is 6.92 Å². The van der Waals surface area contributed by atoms with E-state index < -0.39 is 12.2 Å². The van der Waals surface area contributed by atoms with Gasteiger partial charge in [-0.05, 0) is 74.0 Å². The highest BCUT2D eigenvalue weighted by Crippen LogP contribution is 2.66. The number of rotatable bonds is 6. The number of unbranched alkanes of at least 4 members (excludes halogenated alkanes) is 1. The fourth-order valence-electron chi connectivity index (χ4n) is 6.83. The molecule has 6 atom stereocenters. The molecule has 0 spiro atoms. The number of aliphatic hydroxyl groups is 3. The number of aliphatic hydroxyl groups excluding tert-OH is 3. The van der Waals surface area contributed by atoms with Gasteiger partial charge < -0.3 is 15.3 Å². The second-order valence-electron chi connectivity index (χ2n) is 10.9. The molecule has 166 valence electrons. The molecule has 0 radical (unpaired) electrons. The molecule has 1 unspecified atom stereocenters. The molecule has 3 saturated carbocycles. The van der Waals surface area contributed by atoms with Crippen LogP contribution in [0, 0.1) is 28.6 Å². The Balaban J connectivity index is 1.76. The van der Waals surface area contributed by atoms with E-state index in [-0.39, 0.29) is 5.92 Å². The Morgan fingerprint density at radius 2 is 1.76 bits per heavy atom. The Morgan fingerprint density at radius 3 is 2.41 bits per heavy atom. The van der Waals surface area contributed by atoms with Gasteiger partial charge in [0.15, 0.2) is 0 Å². The zero-order valence-corrected chi connectivity index (χ0v) is 19.2. The van der Waals surface area contributed by atoms with Crippen LogP contribution in [0.4, 0.5) is 0 Å². The van der Waals surface area contributed by atoms with E-state index in [9.17, 15) is 10.2 Å². The minimum Gasteiger partial charge on any atom is -0.396 e. The zero-order valence-electron chi connectivity index (χ0n) is 19.2. The van der Waals surface area contributed by atoms with E-state index in [0.717, 1.165) is 12.8 Å². The molecule has 3 N–H and O–H groups in total. The van der Waals surface area contributed by atoms with Gasteiger partial charge in [-0.1, -0.05) is 63.8 Å². The van der Waals surface area contributed by atoms with Gasteiger partial charge in [-0.3, -0.25) is 0 Å². The molecule has 0 aromatic rings. The summed E-state index contributed by atoms with van der Waals surface area (Å²) in [7, 11) is 0. The van der Waals surface area contributed by atoms with Crippen molar-refractivity contribution in [3.63, 3.8) is 0 Å². The smallest absolute Gasteiger partial charge is 0.0627 e. The van der Waals surface area contributed by atoms with Crippen molar-refractivity contribution in [2.45, 2.75) is 104 Å². The summed E-state index contributed by atoms with van der Waals surface area (Å²) in [5, 5.41) is 29.6. The van der Waals surface area contributed by atoms with Crippen LogP contribution in [-0.4, -0.2) is 34.1 Å². The monoisotopic (exact) mass is 404 g/mol. The molecule has 0 amide bonds. The molecule has 3 nitrogen and oxygen atoms in total. The van der Waals surface area contributed by atoms with Crippen LogP contribution in [-0.2, 0) is 0 Å². The normalized spacial score (nSPS) is 42.7. The quantitative estimate of drug-likeness (QED) is 0.520. The lowest BCUT2D eigenvalue weighted by atomic mass is 9.53. The van der Waals surface area contributed by atoms with Crippen LogP contribution in [0.3, 0.4) is 0 Å². The van der Waals surface area contributed by atoms with Gasteiger partial charge >= 0.3 is 0 Å². The highest BCUT2D eigenvalue weighted by molar-refractivity contribution is 5.27. The van der Waals surface area contributed by atoms with E-state index in [1.165, 1.54) is 44.1 Å². The Kier molecular flexibility index (Phi) is 7.34. The van der Waals surface area contributed by atoms with E-state index in [1.54, 1.807) is 5.57 Å². The first kappa shape index (κ1) is 23.0. The summed E-state index contributed by atoms with van der Waals surface area (Å²) >= 11 is 0. The maximum absolute atomic E-state index is 10.2. The summed E-state index contributed by atoms with van der Waals surface area (Å²) in [5.41, 5.74) is 3.52. The van der Waals surface area contributed by atoms with E-state index in [0.29, 0.717) is 42.1 Å². The fraction of sp³-hybridized carbons (Fsp3) is 0.846. The number of allylic oxidation sites excluding steroid dienone is 3. The van der Waals surface area contributed by atoms with Crippen molar-refractivity contribution in [1.29, 1.82) is 0 Å². The summed E-state index contributed by atoms with van der Waals surface area (Å²) in [6.45, 7) is 9.78. The largest absolute Gasteiger partial charge is 0.396 e. The first-order chi connectivity index (χ1) is 13.7. The van der Waals surface area contributed by atoms with Crippen molar-refractivity contribution in [1.82, 2.24) is 0 Å². The zero-order chi connectivity index (χ0) is 21.2. The predicted molar refractivity (Wildman–Crippen MR) is 119 cm³/mol. The molecule has 3 heteroatoms. The van der Waals surface area contributed by atoms with Crippen molar-refractivity contribution in [2.75, 3.05) is 6.61 Å². The average Bonchev–Trinajstić information content (AvgIpc) is 2.97. The Hall–Kier alpha value is -0.640. The van der Waals surface area contributed by atoms with Gasteiger partial charge in [-0.15, -0.1) is 0 Å². The molecular formula is C26H44O3. The highest BCUT2D eigenvalue weighted by atomic mass is 16.3. The van der Waals surface area contributed by atoms with Crippen LogP contribution in [0.25, 0.3) is 0 Å². The Labute approximate surface area is 178 Å². The molecule has 0 aromatic heterocycles. The van der Waals surface area contributed by atoms with Gasteiger partial charge in [-0.25, -0.2) is 0 Å². The first-order valence-electron chi connectivity index (χ1n) is 12.1. The third-order valence-corrected chi connectivity index (χ3v) is 9.46. The molecular weight excluding hydrogens is 360 g/mol. The molecule has 3 rings (SSSR count). The highest BCUT2D eigenvalue weighted by Gasteiger charge is 2.57. The summed E-state index contributed by atoms with van der Waals surface area (Å²) in [6.07, 6.45) is 14.8. The van der Waals surface area contributed by atoms with Crippen molar-refractivity contribution in [3.8, 4) is 0 Å². The second-order valence-corrected chi connectivity index (χ2v) is 10.9. The predicted octanol–water partition coefficient (Wildman–Crippen LogP) is 5.40. The third kappa shape index (κ3) is 4.38. The van der Waals surface area contributed by atoms with Gasteiger partial charge in [0, 0.05) is 12.5 Å². The lowest BCUT2D eigenvalue weighted by Gasteiger charge is -2.51. The lowest BCUT2D eigenvalue weighted by Crippen LogP contribution is -2.43. The maximum atomic E-state index is 10.2. The average molecular weight is 405 g/mol. The van der Waals surface area contributed by atoms with E-state index in [2.05, 4.69) is 32.9 Å². The maximum Gasteiger partial charge on any atom is 0.0627 e. The molecule has 0 bridgehead atoms. The molecule has 29 heavy (non-hydrogen) atoms. The summed E-state index contributed by atoms with van der Waals surface area (Å²) in [4.78, 5) is 0. The topological polar surface area (TPSA) is 60.7 Å². The SMILES string of the molecule is CC1[C@H](O)CC(=C/C=C2\CCC[C@@]3(C)[C@H]2CCC3(C)[C@@H](C)CCCCO)C[C@H]1O. The Bertz CT molecular complexity index is 609. The van der Waals surface area contributed by atoms with Crippen molar-refractivity contribution < 1.29 is 15.3 Å². The molecule has 0 heterocycles. The number of hydrogen-bond acceptors (Lipinski definition) is 3. The van der Waals surface area contributed by atoms with E-state index >= 15 is 0 Å². The molecule has 0 aromatic carbocycles. The molecule has 0 aliphatic heterocycles. The van der Waals surface area contributed by atoms with Gasteiger partial charge in [-0.2, -0.15) is 0 Å². The molecule has 3 aliphatic rings. The molecule has 3 aliphatic carbocycles. The molecule has 0 saturated heterocycles. The van der Waals surface area contributed by atoms with Gasteiger partial charge in [0.2, 0.25) is 0 Å². The van der Waals surface area contributed by atoms with Gasteiger partial charge in [0.05, 0.1) is 12.2 Å². The fourth-order valence-corrected chi connectivity index (χ4v) is 6.83. The molecule has 3 fully saturated rings. The van der Waals surface area contributed by atoms with Crippen LogP contribution < -0.4 is 0 Å². The van der Waals surface area contributed by atoms with Crippen molar-refractivity contribution in [2.24, 2.45) is 28.6 Å².